The van der Waals surface area contributed by atoms with Gasteiger partial charge in [0.25, 0.3) is 0 Å². The highest BCUT2D eigenvalue weighted by Gasteiger charge is 2.24. The number of rotatable bonds is 4. The molecule has 0 aliphatic carbocycles. The second kappa shape index (κ2) is 5.68. The molecule has 1 aromatic carbocycles. The number of aromatic nitrogens is 2. The van der Waals surface area contributed by atoms with E-state index in [1.165, 1.54) is 19.1 Å². The first kappa shape index (κ1) is 14.0. The molecule has 0 aliphatic heterocycles. The molecule has 0 saturated heterocycles. The number of hydrogen-bond donors (Lipinski definition) is 2. The van der Waals surface area contributed by atoms with Crippen LogP contribution in [0.15, 0.2) is 12.1 Å². The van der Waals surface area contributed by atoms with Crippen LogP contribution in [0.4, 0.5) is 8.78 Å². The zero-order valence-electron chi connectivity index (χ0n) is 10.6. The van der Waals surface area contributed by atoms with Gasteiger partial charge in [0.05, 0.1) is 16.6 Å². The Bertz CT molecular complexity index is 585. The summed E-state index contributed by atoms with van der Waals surface area (Å²) in [6.07, 6.45) is 0.653. The maximum absolute atomic E-state index is 14.0. The van der Waals surface area contributed by atoms with Gasteiger partial charge in [0.2, 0.25) is 0 Å². The van der Waals surface area contributed by atoms with Crippen molar-refractivity contribution in [2.45, 2.75) is 26.3 Å². The Kier molecular flexibility index (Phi) is 4.18. The second-order valence-corrected chi connectivity index (χ2v) is 4.92. The molecule has 2 rings (SSSR count). The lowest BCUT2D eigenvalue weighted by Gasteiger charge is -2.16. The predicted molar refractivity (Wildman–Crippen MR) is 69.5 cm³/mol. The highest BCUT2D eigenvalue weighted by molar-refractivity contribution is 7.05. The summed E-state index contributed by atoms with van der Waals surface area (Å²) < 4.78 is 31.5. The summed E-state index contributed by atoms with van der Waals surface area (Å²) in [6, 6.07) is 2.40. The van der Waals surface area contributed by atoms with E-state index in [0.717, 1.165) is 17.2 Å². The first-order valence-corrected chi connectivity index (χ1v) is 6.59. The van der Waals surface area contributed by atoms with Gasteiger partial charge >= 0.3 is 0 Å². The van der Waals surface area contributed by atoms with Crippen molar-refractivity contribution in [1.82, 2.24) is 15.0 Å². The van der Waals surface area contributed by atoms with E-state index >= 15 is 0 Å². The van der Waals surface area contributed by atoms with Crippen LogP contribution >= 0.6 is 11.5 Å². The number of aryl methyl sites for hydroxylation is 2. The van der Waals surface area contributed by atoms with Crippen molar-refractivity contribution in [3.05, 3.63) is 45.5 Å². The minimum atomic E-state index is -0.890. The number of nitrogens with one attached hydrogen (secondary N) is 1. The Hall–Kier alpha value is -1.44. The van der Waals surface area contributed by atoms with Crippen LogP contribution in [0.1, 0.15) is 34.7 Å². The molecule has 0 bridgehead atoms. The highest BCUT2D eigenvalue weighted by Crippen LogP contribution is 2.30. The number of hydrazine groups is 1. The molecule has 0 aliphatic rings. The fraction of sp³-hybridized carbons (Fsp3) is 0.333. The summed E-state index contributed by atoms with van der Waals surface area (Å²) in [5.41, 5.74) is 3.65. The van der Waals surface area contributed by atoms with E-state index in [2.05, 4.69) is 15.0 Å². The number of hydrogen-bond acceptors (Lipinski definition) is 5. The van der Waals surface area contributed by atoms with E-state index in [1.54, 1.807) is 0 Å². The number of halogens is 2. The summed E-state index contributed by atoms with van der Waals surface area (Å²) in [4.78, 5) is 0.701. The molecule has 0 saturated carbocycles. The third-order valence-corrected chi connectivity index (χ3v) is 3.80. The monoisotopic (exact) mass is 284 g/mol. The van der Waals surface area contributed by atoms with Gasteiger partial charge in [0.15, 0.2) is 11.6 Å². The zero-order valence-corrected chi connectivity index (χ0v) is 11.4. The van der Waals surface area contributed by atoms with Gasteiger partial charge in [0, 0.05) is 5.56 Å². The molecule has 1 unspecified atom stereocenters. The molecular weight excluding hydrogens is 270 g/mol. The van der Waals surface area contributed by atoms with Crippen molar-refractivity contribution in [3.63, 3.8) is 0 Å². The van der Waals surface area contributed by atoms with Gasteiger partial charge in [-0.3, -0.25) is 5.84 Å². The molecule has 19 heavy (non-hydrogen) atoms. The van der Waals surface area contributed by atoms with Gasteiger partial charge in [-0.25, -0.2) is 14.2 Å². The molecule has 0 radical (unpaired) electrons. The molecule has 7 heteroatoms. The lowest BCUT2D eigenvalue weighted by atomic mass is 10.0. The van der Waals surface area contributed by atoms with Crippen LogP contribution in [-0.2, 0) is 6.42 Å². The summed E-state index contributed by atoms with van der Waals surface area (Å²) in [6.45, 7) is 3.43. The van der Waals surface area contributed by atoms with Gasteiger partial charge in [-0.05, 0) is 30.4 Å². The lowest BCUT2D eigenvalue weighted by Crippen LogP contribution is -2.30. The van der Waals surface area contributed by atoms with Gasteiger partial charge in [0.1, 0.15) is 0 Å². The Morgan fingerprint density at radius 2 is 2.11 bits per heavy atom. The molecule has 1 heterocycles. The summed E-state index contributed by atoms with van der Waals surface area (Å²) in [5, 5.41) is 3.96. The molecule has 0 spiro atoms. The van der Waals surface area contributed by atoms with Crippen LogP contribution in [0.2, 0.25) is 0 Å². The van der Waals surface area contributed by atoms with Crippen LogP contribution in [0.3, 0.4) is 0 Å². The van der Waals surface area contributed by atoms with E-state index < -0.39 is 17.7 Å². The maximum atomic E-state index is 14.0. The van der Waals surface area contributed by atoms with Crippen LogP contribution in [-0.4, -0.2) is 9.59 Å². The van der Waals surface area contributed by atoms with Crippen LogP contribution in [0.25, 0.3) is 0 Å². The summed E-state index contributed by atoms with van der Waals surface area (Å²) in [7, 11) is 0. The van der Waals surface area contributed by atoms with Crippen molar-refractivity contribution in [1.29, 1.82) is 0 Å². The SMILES string of the molecule is CCc1nnsc1C(NN)c1ccc(C)c(F)c1F. The first-order chi connectivity index (χ1) is 9.10. The minimum Gasteiger partial charge on any atom is -0.271 e. The van der Waals surface area contributed by atoms with Crippen LogP contribution in [0.5, 0.6) is 0 Å². The van der Waals surface area contributed by atoms with Crippen molar-refractivity contribution < 1.29 is 8.78 Å². The number of nitrogens with two attached hydrogens (primary N) is 1. The smallest absolute Gasteiger partial charge is 0.164 e. The van der Waals surface area contributed by atoms with Crippen molar-refractivity contribution in [2.24, 2.45) is 5.84 Å². The average molecular weight is 284 g/mol. The molecule has 2 aromatic rings. The Morgan fingerprint density at radius 3 is 2.74 bits per heavy atom. The van der Waals surface area contributed by atoms with E-state index in [0.29, 0.717) is 11.3 Å². The third kappa shape index (κ3) is 2.49. The van der Waals surface area contributed by atoms with Crippen LogP contribution < -0.4 is 11.3 Å². The number of benzene rings is 1. The topological polar surface area (TPSA) is 63.8 Å². The molecule has 0 fully saturated rings. The fourth-order valence-electron chi connectivity index (χ4n) is 1.87. The fourth-order valence-corrected chi connectivity index (χ4v) is 2.69. The zero-order chi connectivity index (χ0) is 14.0. The second-order valence-electron chi connectivity index (χ2n) is 4.14. The third-order valence-electron chi connectivity index (χ3n) is 2.97. The van der Waals surface area contributed by atoms with Gasteiger partial charge in [-0.15, -0.1) is 5.10 Å². The molecule has 102 valence electrons. The van der Waals surface area contributed by atoms with Crippen LogP contribution in [0, 0.1) is 18.6 Å². The normalized spacial score (nSPS) is 12.7. The van der Waals surface area contributed by atoms with Gasteiger partial charge < -0.3 is 0 Å². The molecule has 1 aromatic heterocycles. The highest BCUT2D eigenvalue weighted by atomic mass is 32.1. The largest absolute Gasteiger partial charge is 0.271 e. The molecular formula is C12H14F2N4S. The van der Waals surface area contributed by atoms with E-state index in [-0.39, 0.29) is 11.1 Å². The summed E-state index contributed by atoms with van der Waals surface area (Å²) in [5.74, 6) is 3.74. The Labute approximate surface area is 113 Å². The number of nitrogens with zero attached hydrogens (tertiary/aromatic N) is 2. The summed E-state index contributed by atoms with van der Waals surface area (Å²) >= 11 is 1.13. The predicted octanol–water partition coefficient (Wildman–Crippen LogP) is 2.24. The van der Waals surface area contributed by atoms with Crippen molar-refractivity contribution >= 4 is 11.5 Å². The van der Waals surface area contributed by atoms with E-state index in [9.17, 15) is 8.78 Å². The van der Waals surface area contributed by atoms with Crippen molar-refractivity contribution in [2.75, 3.05) is 0 Å². The maximum Gasteiger partial charge on any atom is 0.164 e. The van der Waals surface area contributed by atoms with Gasteiger partial charge in [-0.1, -0.05) is 23.5 Å². The Balaban J connectivity index is 2.52. The first-order valence-electron chi connectivity index (χ1n) is 5.81. The van der Waals surface area contributed by atoms with E-state index in [4.69, 9.17) is 5.84 Å². The quantitative estimate of drug-likeness (QED) is 0.667. The molecule has 1 atom stereocenters. The molecule has 4 nitrogen and oxygen atoms in total. The minimum absolute atomic E-state index is 0.159. The van der Waals surface area contributed by atoms with Gasteiger partial charge in [-0.2, -0.15) is 0 Å². The lowest BCUT2D eigenvalue weighted by molar-refractivity contribution is 0.479. The molecule has 0 amide bonds. The standard InChI is InChI=1S/C12H14F2N4S/c1-3-8-12(19-18-17-8)11(16-15)7-5-4-6(2)9(13)10(7)14/h4-5,11,16H,3,15H2,1-2H3. The average Bonchev–Trinajstić information content (AvgIpc) is 2.88. The van der Waals surface area contributed by atoms with Crippen molar-refractivity contribution in [3.8, 4) is 0 Å². The Morgan fingerprint density at radius 1 is 1.37 bits per heavy atom. The van der Waals surface area contributed by atoms with E-state index in [1.807, 2.05) is 6.92 Å². The molecule has 3 N–H and O–H groups in total.